The van der Waals surface area contributed by atoms with E-state index in [1.165, 1.54) is 12.1 Å². The molecule has 1 atom stereocenters. The molecule has 1 aromatic rings. The Kier molecular flexibility index (Phi) is 2.98. The van der Waals surface area contributed by atoms with Gasteiger partial charge in [-0.1, -0.05) is 36.8 Å². The average Bonchev–Trinajstić information content (AvgIpc) is 2.29. The number of benzene rings is 1. The third-order valence-corrected chi connectivity index (χ3v) is 3.43. The van der Waals surface area contributed by atoms with E-state index in [1.807, 2.05) is 0 Å². The third-order valence-electron chi connectivity index (χ3n) is 3.43. The predicted molar refractivity (Wildman–Crippen MR) is 57.7 cm³/mol. The van der Waals surface area contributed by atoms with Gasteiger partial charge in [0.15, 0.2) is 5.78 Å². The molecule has 2 rings (SSSR count). The van der Waals surface area contributed by atoms with Crippen LogP contribution in [-0.2, 0) is 10.2 Å². The molecule has 4 heteroatoms. The van der Waals surface area contributed by atoms with Crippen LogP contribution in [0.25, 0.3) is 0 Å². The van der Waals surface area contributed by atoms with Gasteiger partial charge in [0.05, 0.1) is 0 Å². The number of hydrogen-bond acceptors (Lipinski definition) is 1. The van der Waals surface area contributed by atoms with E-state index in [1.54, 1.807) is 18.2 Å². The SMILES string of the molecule is O=C1CCCC[C@]1(c1ccccc1)C(F)(F)F. The first-order valence-electron chi connectivity index (χ1n) is 5.64. The Labute approximate surface area is 97.6 Å². The summed E-state index contributed by atoms with van der Waals surface area (Å²) in [7, 11) is 0. The number of halogens is 3. The monoisotopic (exact) mass is 242 g/mol. The van der Waals surface area contributed by atoms with Gasteiger partial charge in [0.1, 0.15) is 5.41 Å². The van der Waals surface area contributed by atoms with E-state index in [0.717, 1.165) is 0 Å². The third kappa shape index (κ3) is 1.85. The van der Waals surface area contributed by atoms with Crippen LogP contribution in [0.5, 0.6) is 0 Å². The van der Waals surface area contributed by atoms with Gasteiger partial charge in [0.2, 0.25) is 0 Å². The van der Waals surface area contributed by atoms with E-state index in [4.69, 9.17) is 0 Å². The topological polar surface area (TPSA) is 17.1 Å². The molecule has 0 aromatic heterocycles. The van der Waals surface area contributed by atoms with Crippen molar-refractivity contribution in [3.63, 3.8) is 0 Å². The zero-order valence-electron chi connectivity index (χ0n) is 9.26. The molecule has 1 nitrogen and oxygen atoms in total. The highest BCUT2D eigenvalue weighted by molar-refractivity contribution is 5.91. The molecule has 0 N–H and O–H groups in total. The van der Waals surface area contributed by atoms with Crippen LogP contribution in [0, 0.1) is 0 Å². The van der Waals surface area contributed by atoms with Crippen LogP contribution < -0.4 is 0 Å². The van der Waals surface area contributed by atoms with Crippen molar-refractivity contribution in [1.82, 2.24) is 0 Å². The maximum absolute atomic E-state index is 13.3. The molecule has 1 aromatic carbocycles. The van der Waals surface area contributed by atoms with E-state index in [0.29, 0.717) is 12.8 Å². The lowest BCUT2D eigenvalue weighted by Gasteiger charge is -2.37. The van der Waals surface area contributed by atoms with Gasteiger partial charge in [-0.25, -0.2) is 0 Å². The zero-order chi connectivity index (χ0) is 12.5. The number of carbonyl (C=O) groups excluding carboxylic acids is 1. The van der Waals surface area contributed by atoms with Crippen molar-refractivity contribution in [3.05, 3.63) is 35.9 Å². The van der Waals surface area contributed by atoms with Gasteiger partial charge in [0, 0.05) is 6.42 Å². The Balaban J connectivity index is 2.55. The Morgan fingerprint density at radius 1 is 1.06 bits per heavy atom. The second-order valence-corrected chi connectivity index (χ2v) is 4.40. The minimum absolute atomic E-state index is 0.0222. The molecule has 1 saturated carbocycles. The fourth-order valence-corrected chi connectivity index (χ4v) is 2.52. The van der Waals surface area contributed by atoms with Crippen molar-refractivity contribution in [1.29, 1.82) is 0 Å². The van der Waals surface area contributed by atoms with Gasteiger partial charge in [-0.05, 0) is 18.4 Å². The first kappa shape index (κ1) is 12.1. The van der Waals surface area contributed by atoms with Gasteiger partial charge in [-0.3, -0.25) is 4.79 Å². The van der Waals surface area contributed by atoms with Crippen molar-refractivity contribution >= 4 is 5.78 Å². The molecule has 0 unspecified atom stereocenters. The molecule has 0 aliphatic heterocycles. The molecule has 0 radical (unpaired) electrons. The van der Waals surface area contributed by atoms with Crippen molar-refractivity contribution in [2.75, 3.05) is 0 Å². The lowest BCUT2D eigenvalue weighted by Crippen LogP contribution is -2.50. The molecule has 1 aliphatic rings. The number of rotatable bonds is 1. The van der Waals surface area contributed by atoms with Gasteiger partial charge >= 0.3 is 6.18 Å². The number of ketones is 1. The number of Topliss-reactive ketones (excluding diaryl/α,β-unsaturated/α-hetero) is 1. The number of alkyl halides is 3. The normalized spacial score (nSPS) is 25.9. The highest BCUT2D eigenvalue weighted by Crippen LogP contribution is 2.48. The lowest BCUT2D eigenvalue weighted by atomic mass is 9.68. The minimum atomic E-state index is -4.51. The van der Waals surface area contributed by atoms with Crippen LogP contribution >= 0.6 is 0 Å². The van der Waals surface area contributed by atoms with Crippen molar-refractivity contribution in [2.45, 2.75) is 37.3 Å². The molecule has 0 spiro atoms. The molecule has 17 heavy (non-hydrogen) atoms. The first-order chi connectivity index (χ1) is 7.98. The highest BCUT2D eigenvalue weighted by atomic mass is 19.4. The van der Waals surface area contributed by atoms with Crippen LogP contribution in [0.2, 0.25) is 0 Å². The summed E-state index contributed by atoms with van der Waals surface area (Å²) in [5.41, 5.74) is -2.19. The Morgan fingerprint density at radius 2 is 1.71 bits per heavy atom. The second-order valence-electron chi connectivity index (χ2n) is 4.40. The van der Waals surface area contributed by atoms with Crippen molar-refractivity contribution in [2.24, 2.45) is 0 Å². The van der Waals surface area contributed by atoms with E-state index in [9.17, 15) is 18.0 Å². The molecule has 92 valence electrons. The zero-order valence-corrected chi connectivity index (χ0v) is 9.26. The fourth-order valence-electron chi connectivity index (χ4n) is 2.52. The summed E-state index contributed by atoms with van der Waals surface area (Å²) in [4.78, 5) is 11.8. The summed E-state index contributed by atoms with van der Waals surface area (Å²) in [5, 5.41) is 0. The van der Waals surface area contributed by atoms with Crippen molar-refractivity contribution < 1.29 is 18.0 Å². The smallest absolute Gasteiger partial charge is 0.298 e. The summed E-state index contributed by atoms with van der Waals surface area (Å²) >= 11 is 0. The second kappa shape index (κ2) is 4.17. The average molecular weight is 242 g/mol. The summed E-state index contributed by atoms with van der Waals surface area (Å²) in [6.45, 7) is 0. The Morgan fingerprint density at radius 3 is 2.24 bits per heavy atom. The van der Waals surface area contributed by atoms with Gasteiger partial charge in [-0.15, -0.1) is 0 Å². The predicted octanol–water partition coefficient (Wildman–Crippen LogP) is 3.63. The van der Waals surface area contributed by atoms with E-state index in [2.05, 4.69) is 0 Å². The standard InChI is InChI=1S/C13H13F3O/c14-13(15,16)12(9-5-4-8-11(12)17)10-6-2-1-3-7-10/h1-3,6-7H,4-5,8-9H2/t12-/m1/s1. The molecular formula is C13H13F3O. The van der Waals surface area contributed by atoms with Crippen molar-refractivity contribution in [3.8, 4) is 0 Å². The number of hydrogen-bond donors (Lipinski definition) is 0. The highest BCUT2D eigenvalue weighted by Gasteiger charge is 2.60. The lowest BCUT2D eigenvalue weighted by molar-refractivity contribution is -0.198. The molecule has 0 amide bonds. The summed E-state index contributed by atoms with van der Waals surface area (Å²) in [5.74, 6) is -0.692. The van der Waals surface area contributed by atoms with E-state index >= 15 is 0 Å². The van der Waals surface area contributed by atoms with Gasteiger partial charge < -0.3 is 0 Å². The maximum atomic E-state index is 13.3. The van der Waals surface area contributed by atoms with E-state index in [-0.39, 0.29) is 18.4 Å². The molecule has 1 aliphatic carbocycles. The maximum Gasteiger partial charge on any atom is 0.405 e. The molecule has 1 fully saturated rings. The number of carbonyl (C=O) groups is 1. The molecular weight excluding hydrogens is 229 g/mol. The summed E-state index contributed by atoms with van der Waals surface area (Å²) in [6.07, 6.45) is -3.61. The summed E-state index contributed by atoms with van der Waals surface area (Å²) < 4.78 is 39.9. The van der Waals surface area contributed by atoms with Crippen LogP contribution in [0.1, 0.15) is 31.2 Å². The van der Waals surface area contributed by atoms with Crippen LogP contribution in [0.15, 0.2) is 30.3 Å². The molecule has 0 heterocycles. The molecule has 0 saturated heterocycles. The van der Waals surface area contributed by atoms with Gasteiger partial charge in [0.25, 0.3) is 0 Å². The minimum Gasteiger partial charge on any atom is -0.298 e. The largest absolute Gasteiger partial charge is 0.405 e. The van der Waals surface area contributed by atoms with Crippen LogP contribution in [0.4, 0.5) is 13.2 Å². The summed E-state index contributed by atoms with van der Waals surface area (Å²) in [6, 6.07) is 7.55. The fraction of sp³-hybridized carbons (Fsp3) is 0.462. The van der Waals surface area contributed by atoms with Gasteiger partial charge in [-0.2, -0.15) is 13.2 Å². The molecule has 0 bridgehead atoms. The van der Waals surface area contributed by atoms with Crippen LogP contribution in [0.3, 0.4) is 0 Å². The quantitative estimate of drug-likeness (QED) is 0.735. The Bertz CT molecular complexity index is 410. The Hall–Kier alpha value is -1.32. The van der Waals surface area contributed by atoms with Crippen LogP contribution in [-0.4, -0.2) is 12.0 Å². The first-order valence-corrected chi connectivity index (χ1v) is 5.64. The van der Waals surface area contributed by atoms with E-state index < -0.39 is 17.4 Å².